The van der Waals surface area contributed by atoms with E-state index in [2.05, 4.69) is 62.4 Å². The van der Waals surface area contributed by atoms with Gasteiger partial charge in [0.15, 0.2) is 5.78 Å². The van der Waals surface area contributed by atoms with Gasteiger partial charge in [0.25, 0.3) is 0 Å². The number of rotatable bonds is 6. The second kappa shape index (κ2) is 9.22. The van der Waals surface area contributed by atoms with Crippen molar-refractivity contribution in [1.29, 1.82) is 0 Å². The van der Waals surface area contributed by atoms with Crippen LogP contribution >= 0.6 is 0 Å². The van der Waals surface area contributed by atoms with E-state index in [0.717, 1.165) is 37.0 Å². The van der Waals surface area contributed by atoms with E-state index in [4.69, 9.17) is 4.99 Å². The van der Waals surface area contributed by atoms with Crippen LogP contribution in [-0.2, 0) is 17.6 Å². The Kier molecular flexibility index (Phi) is 6.90. The largest absolute Gasteiger partial charge is 0.291 e. The number of aromatic nitrogens is 1. The number of hydrogen-bond acceptors (Lipinski definition) is 4. The van der Waals surface area contributed by atoms with E-state index in [9.17, 15) is 4.79 Å². The number of hydrogen-bond donors (Lipinski definition) is 0. The van der Waals surface area contributed by atoms with Gasteiger partial charge in [-0.1, -0.05) is 52.4 Å². The minimum atomic E-state index is -0.344. The molecule has 0 N–H and O–H groups in total. The summed E-state index contributed by atoms with van der Waals surface area (Å²) < 4.78 is 0. The Hall–Kier alpha value is -1.99. The molecule has 0 fully saturated rings. The van der Waals surface area contributed by atoms with Crippen molar-refractivity contribution < 1.29 is 4.79 Å². The Morgan fingerprint density at radius 1 is 1.31 bits per heavy atom. The van der Waals surface area contributed by atoms with Crippen molar-refractivity contribution in [3.05, 3.63) is 29.1 Å². The summed E-state index contributed by atoms with van der Waals surface area (Å²) in [5, 5.41) is 0. The van der Waals surface area contributed by atoms with Gasteiger partial charge in [0.1, 0.15) is 5.66 Å². The lowest BCUT2D eigenvalue weighted by Gasteiger charge is -2.41. The van der Waals surface area contributed by atoms with Crippen molar-refractivity contribution in [1.82, 2.24) is 9.88 Å². The molecule has 0 amide bonds. The van der Waals surface area contributed by atoms with Crippen molar-refractivity contribution in [2.75, 3.05) is 13.1 Å². The topological polar surface area (TPSA) is 45.6 Å². The Labute approximate surface area is 176 Å². The van der Waals surface area contributed by atoms with Crippen molar-refractivity contribution in [3.63, 3.8) is 0 Å². The third-order valence-electron chi connectivity index (χ3n) is 6.14. The summed E-state index contributed by atoms with van der Waals surface area (Å²) in [6, 6.07) is 2.19. The molecule has 4 nitrogen and oxygen atoms in total. The highest BCUT2D eigenvalue weighted by Crippen LogP contribution is 2.29. The fourth-order valence-electron chi connectivity index (χ4n) is 4.40. The van der Waals surface area contributed by atoms with Gasteiger partial charge in [0, 0.05) is 17.5 Å². The third-order valence-corrected chi connectivity index (χ3v) is 6.14. The average molecular weight is 394 g/mol. The summed E-state index contributed by atoms with van der Waals surface area (Å²) in [7, 11) is 0. The number of carbonyl (C=O) groups excluding carboxylic acids is 1. The van der Waals surface area contributed by atoms with Crippen LogP contribution in [0.5, 0.6) is 0 Å². The summed E-state index contributed by atoms with van der Waals surface area (Å²) in [5.74, 6) is 7.56. The van der Waals surface area contributed by atoms with Gasteiger partial charge in [-0.3, -0.25) is 19.7 Å². The van der Waals surface area contributed by atoms with Gasteiger partial charge < -0.3 is 0 Å². The number of nitrogens with zero attached hydrogens (tertiary/aromatic N) is 3. The van der Waals surface area contributed by atoms with Crippen LogP contribution in [0.25, 0.3) is 0 Å². The maximum absolute atomic E-state index is 12.6. The first-order chi connectivity index (χ1) is 13.8. The van der Waals surface area contributed by atoms with Gasteiger partial charge in [-0.25, -0.2) is 0 Å². The van der Waals surface area contributed by atoms with Crippen LogP contribution in [0, 0.1) is 23.7 Å². The smallest absolute Gasteiger partial charge is 0.190 e. The SMILES string of the molecule is CCCCCC1(C)N=C(C(C)C)C(=O)CN1CC#Cc1cnc2c(c1)CC(C)C2. The van der Waals surface area contributed by atoms with E-state index in [1.807, 2.05) is 6.20 Å². The lowest BCUT2D eigenvalue weighted by molar-refractivity contribution is -0.116. The molecule has 0 spiro atoms. The van der Waals surface area contributed by atoms with Gasteiger partial charge in [0.2, 0.25) is 0 Å². The van der Waals surface area contributed by atoms with E-state index in [-0.39, 0.29) is 17.4 Å². The Bertz CT molecular complexity index is 845. The van der Waals surface area contributed by atoms with Gasteiger partial charge in [-0.15, -0.1) is 0 Å². The fourth-order valence-corrected chi connectivity index (χ4v) is 4.40. The molecule has 0 bridgehead atoms. The molecule has 156 valence electrons. The molecule has 0 saturated carbocycles. The number of pyridine rings is 1. The minimum Gasteiger partial charge on any atom is -0.291 e. The van der Waals surface area contributed by atoms with E-state index in [0.29, 0.717) is 19.0 Å². The van der Waals surface area contributed by atoms with Crippen LogP contribution in [0.3, 0.4) is 0 Å². The molecule has 2 atom stereocenters. The monoisotopic (exact) mass is 393 g/mol. The second-order valence-corrected chi connectivity index (χ2v) is 9.25. The maximum Gasteiger partial charge on any atom is 0.190 e. The lowest BCUT2D eigenvalue weighted by Crippen LogP contribution is -2.54. The Balaban J connectivity index is 1.76. The zero-order valence-corrected chi connectivity index (χ0v) is 18.7. The molecule has 0 radical (unpaired) electrons. The molecule has 2 heterocycles. The van der Waals surface area contributed by atoms with Gasteiger partial charge in [0.05, 0.1) is 18.8 Å². The third kappa shape index (κ3) is 5.14. The molecule has 29 heavy (non-hydrogen) atoms. The van der Waals surface area contributed by atoms with Crippen molar-refractivity contribution >= 4 is 11.5 Å². The molecule has 1 aliphatic heterocycles. The molecule has 2 unspecified atom stereocenters. The van der Waals surface area contributed by atoms with Crippen LogP contribution in [0.15, 0.2) is 17.3 Å². The van der Waals surface area contributed by atoms with Gasteiger partial charge in [-0.05, 0) is 56.1 Å². The minimum absolute atomic E-state index is 0.142. The van der Waals surface area contributed by atoms with Gasteiger partial charge >= 0.3 is 0 Å². The number of fused-ring (bicyclic) bond motifs is 1. The number of aliphatic imine (C=N–C) groups is 1. The summed E-state index contributed by atoms with van der Waals surface area (Å²) in [5.41, 5.74) is 3.94. The standard InChI is InChI=1S/C25H35N3O/c1-6-7-8-11-25(5)27-24(18(2)3)23(29)17-28(25)12-9-10-20-15-21-13-19(4)14-22(21)26-16-20/h15-16,18-19H,6-8,11-14,17H2,1-5H3. The highest BCUT2D eigenvalue weighted by molar-refractivity contribution is 6.41. The number of Topliss-reactive ketones (excluding diaryl/α,β-unsaturated/α-hetero) is 1. The van der Waals surface area contributed by atoms with Crippen LogP contribution in [0.1, 0.15) is 77.1 Å². The molecule has 0 saturated heterocycles. The molecule has 0 aromatic carbocycles. The van der Waals surface area contributed by atoms with Gasteiger partial charge in [-0.2, -0.15) is 0 Å². The first-order valence-corrected chi connectivity index (χ1v) is 11.2. The number of unbranched alkanes of at least 4 members (excludes halogenated alkanes) is 2. The predicted molar refractivity (Wildman–Crippen MR) is 119 cm³/mol. The average Bonchev–Trinajstić information content (AvgIpc) is 3.04. The molecule has 4 heteroatoms. The molecule has 1 aromatic heterocycles. The Morgan fingerprint density at radius 3 is 2.83 bits per heavy atom. The summed E-state index contributed by atoms with van der Waals surface area (Å²) >= 11 is 0. The van der Waals surface area contributed by atoms with Crippen molar-refractivity contribution in [2.45, 2.75) is 78.8 Å². The highest BCUT2D eigenvalue weighted by atomic mass is 16.1. The normalized spacial score (nSPS) is 24.3. The highest BCUT2D eigenvalue weighted by Gasteiger charge is 2.38. The van der Waals surface area contributed by atoms with Crippen LogP contribution in [0.4, 0.5) is 0 Å². The van der Waals surface area contributed by atoms with E-state index >= 15 is 0 Å². The lowest BCUT2D eigenvalue weighted by atomic mass is 9.94. The van der Waals surface area contributed by atoms with E-state index in [1.165, 1.54) is 24.1 Å². The number of carbonyl (C=O) groups is 1. The summed E-state index contributed by atoms with van der Waals surface area (Å²) in [6.07, 6.45) is 8.51. The summed E-state index contributed by atoms with van der Waals surface area (Å²) in [6.45, 7) is 11.7. The zero-order chi connectivity index (χ0) is 21.0. The molecular formula is C25H35N3O. The van der Waals surface area contributed by atoms with E-state index < -0.39 is 0 Å². The van der Waals surface area contributed by atoms with Crippen LogP contribution in [-0.4, -0.2) is 40.1 Å². The van der Waals surface area contributed by atoms with E-state index in [1.54, 1.807) is 0 Å². The molecule has 1 aliphatic carbocycles. The van der Waals surface area contributed by atoms with Crippen LogP contribution < -0.4 is 0 Å². The molecule has 1 aromatic rings. The molecule has 2 aliphatic rings. The second-order valence-electron chi connectivity index (χ2n) is 9.25. The van der Waals surface area contributed by atoms with Crippen LogP contribution in [0.2, 0.25) is 0 Å². The number of ketones is 1. The fraction of sp³-hybridized carbons (Fsp3) is 0.640. The first kappa shape index (κ1) is 21.7. The predicted octanol–water partition coefficient (Wildman–Crippen LogP) is 4.45. The van der Waals surface area contributed by atoms with Crippen molar-refractivity contribution in [3.8, 4) is 11.8 Å². The maximum atomic E-state index is 12.6. The quantitative estimate of drug-likeness (QED) is 0.530. The molecule has 3 rings (SSSR count). The zero-order valence-electron chi connectivity index (χ0n) is 18.7. The molecular weight excluding hydrogens is 358 g/mol. The first-order valence-electron chi connectivity index (χ1n) is 11.2. The van der Waals surface area contributed by atoms with Crippen molar-refractivity contribution in [2.24, 2.45) is 16.8 Å². The Morgan fingerprint density at radius 2 is 2.10 bits per heavy atom. The summed E-state index contributed by atoms with van der Waals surface area (Å²) in [4.78, 5) is 24.3.